The summed E-state index contributed by atoms with van der Waals surface area (Å²) in [4.78, 5) is 71.5. The van der Waals surface area contributed by atoms with Gasteiger partial charge in [0.1, 0.15) is 18.1 Å². The molecular weight excluding hydrogens is 418 g/mol. The molecule has 14 nitrogen and oxygen atoms in total. The van der Waals surface area contributed by atoms with Crippen LogP contribution < -0.4 is 22.1 Å². The van der Waals surface area contributed by atoms with Crippen molar-refractivity contribution in [1.29, 1.82) is 0 Å². The van der Waals surface area contributed by atoms with Crippen LogP contribution in [0.2, 0.25) is 0 Å². The number of rotatable bonds is 12. The van der Waals surface area contributed by atoms with E-state index in [1.165, 1.54) is 0 Å². The van der Waals surface area contributed by atoms with Crippen LogP contribution in [-0.2, 0) is 28.8 Å². The van der Waals surface area contributed by atoms with E-state index in [1.807, 2.05) is 0 Å². The van der Waals surface area contributed by atoms with E-state index in [9.17, 15) is 39.0 Å². The van der Waals surface area contributed by atoms with Gasteiger partial charge in [-0.15, -0.1) is 0 Å². The van der Waals surface area contributed by atoms with Crippen LogP contribution in [0.5, 0.6) is 0 Å². The first-order chi connectivity index (χ1) is 14.5. The summed E-state index contributed by atoms with van der Waals surface area (Å²) in [6.07, 6.45) is -0.599. The van der Waals surface area contributed by atoms with Gasteiger partial charge in [-0.25, -0.2) is 4.79 Å². The average molecular weight is 445 g/mol. The van der Waals surface area contributed by atoms with Crippen molar-refractivity contribution in [3.05, 3.63) is 0 Å². The molecule has 0 aromatic carbocycles. The Morgan fingerprint density at radius 2 is 1.65 bits per heavy atom. The molecule has 4 amide bonds. The van der Waals surface area contributed by atoms with E-state index in [0.717, 1.165) is 4.90 Å². The quantitative estimate of drug-likeness (QED) is 0.154. The molecule has 1 aliphatic heterocycles. The topological polar surface area (TPSA) is 242 Å². The molecular formula is C17H27N5O9. The molecule has 14 heteroatoms. The first-order valence-electron chi connectivity index (χ1n) is 9.48. The fourth-order valence-corrected chi connectivity index (χ4v) is 3.04. The Morgan fingerprint density at radius 3 is 2.16 bits per heavy atom. The summed E-state index contributed by atoms with van der Waals surface area (Å²) in [5.41, 5.74) is 10.7. The summed E-state index contributed by atoms with van der Waals surface area (Å²) in [5, 5.41) is 31.6. The summed E-state index contributed by atoms with van der Waals surface area (Å²) in [6.45, 7) is -0.776. The maximum Gasteiger partial charge on any atom is 0.326 e. The Kier molecular flexibility index (Phi) is 9.82. The lowest BCUT2D eigenvalue weighted by atomic mass is 10.1. The molecule has 0 aromatic rings. The first kappa shape index (κ1) is 25.8. The number of hydrogen-bond donors (Lipinski definition) is 7. The number of primary amides is 1. The highest BCUT2D eigenvalue weighted by atomic mass is 16.4. The number of nitrogens with one attached hydrogen (secondary N) is 2. The van der Waals surface area contributed by atoms with Gasteiger partial charge in [-0.2, -0.15) is 0 Å². The van der Waals surface area contributed by atoms with Gasteiger partial charge in [0.15, 0.2) is 0 Å². The van der Waals surface area contributed by atoms with Gasteiger partial charge in [-0.1, -0.05) is 0 Å². The highest BCUT2D eigenvalue weighted by Gasteiger charge is 2.38. The summed E-state index contributed by atoms with van der Waals surface area (Å²) >= 11 is 0. The number of aliphatic carboxylic acids is 2. The zero-order chi connectivity index (χ0) is 23.7. The number of carbonyl (C=O) groups excluding carboxylic acids is 4. The number of carboxylic acid groups (broad SMARTS) is 2. The summed E-state index contributed by atoms with van der Waals surface area (Å²) in [7, 11) is 0. The maximum atomic E-state index is 12.7. The third kappa shape index (κ3) is 7.82. The molecule has 1 rings (SSSR count). The average Bonchev–Trinajstić information content (AvgIpc) is 3.18. The Hall–Kier alpha value is -3.26. The van der Waals surface area contributed by atoms with E-state index in [-0.39, 0.29) is 25.8 Å². The smallest absolute Gasteiger partial charge is 0.326 e. The molecule has 0 saturated carbocycles. The standard InChI is InChI=1S/C17H27N5O9/c18-8(3-4-13(25)26)14(27)21-10(7-23)15(28)20-9(6-12(19)24)16(29)22-5-1-2-11(22)17(30)31/h8-11,23H,1-7,18H2,(H2,19,24)(H,20,28)(H,21,27)(H,25,26)(H,30,31). The lowest BCUT2D eigenvalue weighted by molar-refractivity contribution is -0.149. The zero-order valence-electron chi connectivity index (χ0n) is 16.7. The fraction of sp³-hybridized carbons (Fsp3) is 0.647. The number of carbonyl (C=O) groups is 6. The minimum Gasteiger partial charge on any atom is -0.481 e. The van der Waals surface area contributed by atoms with Crippen molar-refractivity contribution in [3.8, 4) is 0 Å². The Labute approximate surface area is 176 Å². The molecule has 174 valence electrons. The van der Waals surface area contributed by atoms with Crippen LogP contribution in [0.15, 0.2) is 0 Å². The van der Waals surface area contributed by atoms with Crippen molar-refractivity contribution < 1.29 is 44.1 Å². The molecule has 4 unspecified atom stereocenters. The van der Waals surface area contributed by atoms with Crippen LogP contribution in [0.4, 0.5) is 0 Å². The molecule has 4 atom stereocenters. The first-order valence-corrected chi connectivity index (χ1v) is 9.48. The fourth-order valence-electron chi connectivity index (χ4n) is 3.04. The molecule has 31 heavy (non-hydrogen) atoms. The van der Waals surface area contributed by atoms with Crippen LogP contribution in [0, 0.1) is 0 Å². The third-order valence-corrected chi connectivity index (χ3v) is 4.66. The summed E-state index contributed by atoms with van der Waals surface area (Å²) in [5.74, 6) is -6.12. The monoisotopic (exact) mass is 445 g/mol. The molecule has 1 aliphatic rings. The normalized spacial score (nSPS) is 18.5. The highest BCUT2D eigenvalue weighted by Crippen LogP contribution is 2.19. The van der Waals surface area contributed by atoms with Gasteiger partial charge in [0.2, 0.25) is 23.6 Å². The van der Waals surface area contributed by atoms with Crippen LogP contribution in [0.1, 0.15) is 32.1 Å². The van der Waals surface area contributed by atoms with E-state index in [4.69, 9.17) is 16.6 Å². The van der Waals surface area contributed by atoms with Crippen LogP contribution in [0.25, 0.3) is 0 Å². The van der Waals surface area contributed by atoms with Crippen molar-refractivity contribution in [1.82, 2.24) is 15.5 Å². The largest absolute Gasteiger partial charge is 0.481 e. The van der Waals surface area contributed by atoms with Gasteiger partial charge < -0.3 is 42.3 Å². The van der Waals surface area contributed by atoms with Gasteiger partial charge >= 0.3 is 11.9 Å². The van der Waals surface area contributed by atoms with Crippen molar-refractivity contribution in [3.63, 3.8) is 0 Å². The van der Waals surface area contributed by atoms with Crippen LogP contribution >= 0.6 is 0 Å². The van der Waals surface area contributed by atoms with Crippen molar-refractivity contribution in [2.24, 2.45) is 11.5 Å². The number of amides is 4. The number of nitrogens with two attached hydrogens (primary N) is 2. The second-order valence-electron chi connectivity index (χ2n) is 7.04. The molecule has 1 saturated heterocycles. The molecule has 0 aromatic heterocycles. The molecule has 9 N–H and O–H groups in total. The number of likely N-dealkylation sites (tertiary alicyclic amines) is 1. The molecule has 1 heterocycles. The lowest BCUT2D eigenvalue weighted by Gasteiger charge is -2.28. The van der Waals surface area contributed by atoms with Crippen molar-refractivity contribution in [2.75, 3.05) is 13.2 Å². The summed E-state index contributed by atoms with van der Waals surface area (Å²) < 4.78 is 0. The summed E-state index contributed by atoms with van der Waals surface area (Å²) in [6, 6.07) is -5.43. The van der Waals surface area contributed by atoms with Gasteiger partial charge in [0.05, 0.1) is 19.1 Å². The predicted octanol–water partition coefficient (Wildman–Crippen LogP) is -3.91. The third-order valence-electron chi connectivity index (χ3n) is 4.66. The van der Waals surface area contributed by atoms with Crippen LogP contribution in [-0.4, -0.2) is 93.1 Å². The maximum absolute atomic E-state index is 12.7. The van der Waals surface area contributed by atoms with Gasteiger partial charge in [-0.05, 0) is 19.3 Å². The molecule has 0 bridgehead atoms. The lowest BCUT2D eigenvalue weighted by Crippen LogP contribution is -2.58. The molecule has 0 aliphatic carbocycles. The Morgan fingerprint density at radius 1 is 1.03 bits per heavy atom. The SMILES string of the molecule is NC(=O)CC(NC(=O)C(CO)NC(=O)C(N)CCC(=O)O)C(=O)N1CCCC1C(=O)O. The number of aliphatic hydroxyl groups is 1. The van der Waals surface area contributed by atoms with E-state index in [2.05, 4.69) is 10.6 Å². The van der Waals surface area contributed by atoms with E-state index >= 15 is 0 Å². The van der Waals surface area contributed by atoms with E-state index < -0.39 is 72.8 Å². The van der Waals surface area contributed by atoms with E-state index in [0.29, 0.717) is 6.42 Å². The number of carboxylic acids is 2. The second kappa shape index (κ2) is 11.8. The number of hydrogen-bond acceptors (Lipinski definition) is 8. The Bertz CT molecular complexity index is 729. The predicted molar refractivity (Wildman–Crippen MR) is 102 cm³/mol. The molecule has 0 radical (unpaired) electrons. The molecule has 1 fully saturated rings. The minimum absolute atomic E-state index is 0.111. The number of aliphatic hydroxyl groups excluding tert-OH is 1. The van der Waals surface area contributed by atoms with Gasteiger partial charge in [0, 0.05) is 13.0 Å². The Balaban J connectivity index is 2.85. The second-order valence-corrected chi connectivity index (χ2v) is 7.04. The van der Waals surface area contributed by atoms with Crippen molar-refractivity contribution in [2.45, 2.75) is 56.3 Å². The van der Waals surface area contributed by atoms with Gasteiger partial charge in [0.25, 0.3) is 0 Å². The van der Waals surface area contributed by atoms with Gasteiger partial charge in [-0.3, -0.25) is 24.0 Å². The van der Waals surface area contributed by atoms with Crippen molar-refractivity contribution >= 4 is 35.6 Å². The minimum atomic E-state index is -1.56. The molecule has 0 spiro atoms. The highest BCUT2D eigenvalue weighted by molar-refractivity contribution is 5.96. The van der Waals surface area contributed by atoms with Crippen LogP contribution in [0.3, 0.4) is 0 Å². The van der Waals surface area contributed by atoms with E-state index in [1.54, 1.807) is 0 Å². The zero-order valence-corrected chi connectivity index (χ0v) is 16.7. The number of nitrogens with zero attached hydrogens (tertiary/aromatic N) is 1.